The van der Waals surface area contributed by atoms with Gasteiger partial charge in [0.2, 0.25) is 0 Å². The zero-order chi connectivity index (χ0) is 24.2. The van der Waals surface area contributed by atoms with Gasteiger partial charge in [-0.2, -0.15) is 0 Å². The maximum absolute atomic E-state index is 13.0. The summed E-state index contributed by atoms with van der Waals surface area (Å²) >= 11 is 1.28. The number of methoxy groups -OCH3 is 3. The Morgan fingerprint density at radius 3 is 2.53 bits per heavy atom. The molecule has 176 valence electrons. The molecule has 0 unspecified atom stereocenters. The molecule has 4 rings (SSSR count). The number of nitrogens with zero attached hydrogens (tertiary/aromatic N) is 4. The first kappa shape index (κ1) is 23.2. The molecule has 0 aliphatic rings. The minimum Gasteiger partial charge on any atom is -0.497 e. The van der Waals surface area contributed by atoms with E-state index in [0.717, 1.165) is 22.7 Å². The molecule has 9 nitrogen and oxygen atoms in total. The van der Waals surface area contributed by atoms with Crippen molar-refractivity contribution in [2.75, 3.05) is 21.3 Å². The fraction of sp³-hybridized carbons (Fsp3) is 0.250. The van der Waals surface area contributed by atoms with Crippen molar-refractivity contribution in [3.8, 4) is 33.6 Å². The fourth-order valence-electron chi connectivity index (χ4n) is 3.50. The van der Waals surface area contributed by atoms with Crippen LogP contribution in [-0.4, -0.2) is 47.2 Å². The Hall–Kier alpha value is -3.92. The van der Waals surface area contributed by atoms with Crippen molar-refractivity contribution in [1.29, 1.82) is 0 Å². The van der Waals surface area contributed by atoms with Crippen molar-refractivity contribution in [3.63, 3.8) is 0 Å². The van der Waals surface area contributed by atoms with Gasteiger partial charge < -0.3 is 19.5 Å². The Labute approximate surface area is 201 Å². The number of aromatic nitrogens is 4. The lowest BCUT2D eigenvalue weighted by Gasteiger charge is -2.11. The monoisotopic (exact) mass is 479 g/mol. The summed E-state index contributed by atoms with van der Waals surface area (Å²) in [7, 11) is 4.81. The number of rotatable bonds is 8. The summed E-state index contributed by atoms with van der Waals surface area (Å²) in [6.07, 6.45) is 0. The number of benzene rings is 2. The molecule has 0 saturated carbocycles. The molecular weight excluding hydrogens is 454 g/mol. The molecule has 4 aromatic rings. The van der Waals surface area contributed by atoms with Crippen LogP contribution in [0, 0.1) is 13.8 Å². The quantitative estimate of drug-likeness (QED) is 0.408. The highest BCUT2D eigenvalue weighted by atomic mass is 32.1. The number of carbonyl (C=O) groups is 1. The molecule has 2 heterocycles. The second kappa shape index (κ2) is 9.92. The van der Waals surface area contributed by atoms with E-state index < -0.39 is 0 Å². The third kappa shape index (κ3) is 4.58. The fourth-order valence-corrected chi connectivity index (χ4v) is 4.52. The standard InChI is InChI=1S/C24H25N5O4S/c1-14-22(23(30)25-13-16-11-19(32-4)9-10-20(16)33-5)34-24(26-14)21-15(2)29(28-27-21)17-7-6-8-18(12-17)31-3/h6-12H,13H2,1-5H3,(H,25,30). The number of ether oxygens (including phenoxy) is 3. The predicted molar refractivity (Wildman–Crippen MR) is 129 cm³/mol. The Morgan fingerprint density at radius 2 is 1.79 bits per heavy atom. The second-order valence-corrected chi connectivity index (χ2v) is 8.43. The lowest BCUT2D eigenvalue weighted by Crippen LogP contribution is -2.22. The van der Waals surface area contributed by atoms with Crippen LogP contribution in [-0.2, 0) is 6.54 Å². The average molecular weight is 480 g/mol. The van der Waals surface area contributed by atoms with Crippen molar-refractivity contribution in [2.45, 2.75) is 20.4 Å². The van der Waals surface area contributed by atoms with Gasteiger partial charge in [-0.3, -0.25) is 4.79 Å². The molecule has 0 bridgehead atoms. The molecule has 34 heavy (non-hydrogen) atoms. The molecule has 1 N–H and O–H groups in total. The molecule has 1 amide bonds. The van der Waals surface area contributed by atoms with Gasteiger partial charge in [0.1, 0.15) is 32.8 Å². The van der Waals surface area contributed by atoms with Crippen molar-refractivity contribution in [3.05, 3.63) is 64.3 Å². The van der Waals surface area contributed by atoms with Gasteiger partial charge in [-0.25, -0.2) is 9.67 Å². The summed E-state index contributed by atoms with van der Waals surface area (Å²) < 4.78 is 17.7. The Balaban J connectivity index is 1.55. The summed E-state index contributed by atoms with van der Waals surface area (Å²) in [6, 6.07) is 13.0. The van der Waals surface area contributed by atoms with Gasteiger partial charge in [-0.1, -0.05) is 11.3 Å². The molecule has 10 heteroatoms. The van der Waals surface area contributed by atoms with E-state index in [0.29, 0.717) is 32.8 Å². The normalized spacial score (nSPS) is 10.7. The van der Waals surface area contributed by atoms with Gasteiger partial charge in [0.15, 0.2) is 0 Å². The largest absolute Gasteiger partial charge is 0.497 e. The van der Waals surface area contributed by atoms with E-state index in [1.165, 1.54) is 11.3 Å². The SMILES string of the molecule is COc1cccc(-n2nnc(-c3nc(C)c(C(=O)NCc4cc(OC)ccc4OC)s3)c2C)c1. The smallest absolute Gasteiger partial charge is 0.263 e. The van der Waals surface area contributed by atoms with Crippen LogP contribution in [0.25, 0.3) is 16.4 Å². The van der Waals surface area contributed by atoms with Crippen molar-refractivity contribution < 1.29 is 19.0 Å². The first-order valence-electron chi connectivity index (χ1n) is 10.5. The van der Waals surface area contributed by atoms with Crippen LogP contribution in [0.5, 0.6) is 17.2 Å². The summed E-state index contributed by atoms with van der Waals surface area (Å²) in [5, 5.41) is 12.2. The number of amides is 1. The Morgan fingerprint density at radius 1 is 1.03 bits per heavy atom. The minimum absolute atomic E-state index is 0.219. The highest BCUT2D eigenvalue weighted by Crippen LogP contribution is 2.30. The van der Waals surface area contributed by atoms with Gasteiger partial charge in [-0.05, 0) is 44.2 Å². The van der Waals surface area contributed by atoms with Gasteiger partial charge in [0.25, 0.3) is 5.91 Å². The molecule has 0 atom stereocenters. The van der Waals surface area contributed by atoms with Crippen LogP contribution in [0.1, 0.15) is 26.6 Å². The second-order valence-electron chi connectivity index (χ2n) is 7.43. The molecule has 0 fully saturated rings. The van der Waals surface area contributed by atoms with E-state index in [1.54, 1.807) is 26.0 Å². The first-order valence-corrected chi connectivity index (χ1v) is 11.3. The molecule has 2 aromatic carbocycles. The maximum Gasteiger partial charge on any atom is 0.263 e. The van der Waals surface area contributed by atoms with Crippen molar-refractivity contribution in [1.82, 2.24) is 25.3 Å². The number of carbonyl (C=O) groups excluding carboxylic acids is 1. The minimum atomic E-state index is -0.219. The predicted octanol–water partition coefficient (Wildman–Crippen LogP) is 3.96. The summed E-state index contributed by atoms with van der Waals surface area (Å²) in [5.74, 6) is 1.87. The molecule has 0 aliphatic heterocycles. The number of nitrogens with one attached hydrogen (secondary N) is 1. The van der Waals surface area contributed by atoms with E-state index in [1.807, 2.05) is 56.3 Å². The van der Waals surface area contributed by atoms with Crippen molar-refractivity contribution in [2.24, 2.45) is 0 Å². The van der Waals surface area contributed by atoms with Crippen LogP contribution < -0.4 is 19.5 Å². The lowest BCUT2D eigenvalue weighted by atomic mass is 10.2. The number of hydrogen-bond donors (Lipinski definition) is 1. The number of thiazole rings is 1. The van der Waals surface area contributed by atoms with E-state index in [4.69, 9.17) is 14.2 Å². The first-order chi connectivity index (χ1) is 16.4. The number of hydrogen-bond acceptors (Lipinski definition) is 8. The summed E-state index contributed by atoms with van der Waals surface area (Å²) in [6.45, 7) is 4.01. The molecule has 2 aromatic heterocycles. The topological polar surface area (TPSA) is 100 Å². The molecule has 0 spiro atoms. The molecule has 0 radical (unpaired) electrons. The van der Waals surface area contributed by atoms with Gasteiger partial charge in [0.05, 0.1) is 38.4 Å². The van der Waals surface area contributed by atoms with Gasteiger partial charge >= 0.3 is 0 Å². The van der Waals surface area contributed by atoms with Crippen LogP contribution in [0.3, 0.4) is 0 Å². The lowest BCUT2D eigenvalue weighted by molar-refractivity contribution is 0.0954. The highest BCUT2D eigenvalue weighted by Gasteiger charge is 2.21. The highest BCUT2D eigenvalue weighted by molar-refractivity contribution is 7.17. The molecular formula is C24H25N5O4S. The summed E-state index contributed by atoms with van der Waals surface area (Å²) in [5.41, 5.74) is 3.72. The molecule has 0 aliphatic carbocycles. The van der Waals surface area contributed by atoms with Crippen LogP contribution >= 0.6 is 11.3 Å². The van der Waals surface area contributed by atoms with Crippen LogP contribution in [0.4, 0.5) is 0 Å². The van der Waals surface area contributed by atoms with E-state index in [-0.39, 0.29) is 12.5 Å². The van der Waals surface area contributed by atoms with Gasteiger partial charge in [0, 0.05) is 18.2 Å². The van der Waals surface area contributed by atoms with E-state index >= 15 is 0 Å². The zero-order valence-electron chi connectivity index (χ0n) is 19.6. The third-order valence-corrected chi connectivity index (χ3v) is 6.49. The third-order valence-electron chi connectivity index (χ3n) is 5.32. The zero-order valence-corrected chi connectivity index (χ0v) is 20.4. The van der Waals surface area contributed by atoms with Crippen LogP contribution in [0.2, 0.25) is 0 Å². The van der Waals surface area contributed by atoms with Gasteiger partial charge in [-0.15, -0.1) is 16.4 Å². The average Bonchev–Trinajstić information content (AvgIpc) is 3.44. The van der Waals surface area contributed by atoms with E-state index in [2.05, 4.69) is 20.6 Å². The van der Waals surface area contributed by atoms with Crippen LogP contribution in [0.15, 0.2) is 42.5 Å². The Kier molecular flexibility index (Phi) is 6.78. The maximum atomic E-state index is 13.0. The summed E-state index contributed by atoms with van der Waals surface area (Å²) in [4.78, 5) is 18.1. The Bertz CT molecular complexity index is 1330. The number of aryl methyl sites for hydroxylation is 1. The molecule has 0 saturated heterocycles. The van der Waals surface area contributed by atoms with E-state index in [9.17, 15) is 4.79 Å². The van der Waals surface area contributed by atoms with Crippen molar-refractivity contribution >= 4 is 17.2 Å².